The molecule has 0 spiro atoms. The summed E-state index contributed by atoms with van der Waals surface area (Å²) < 4.78 is 0. The second-order valence-corrected chi connectivity index (χ2v) is 7.48. The van der Waals surface area contributed by atoms with E-state index in [9.17, 15) is 4.79 Å². The first-order chi connectivity index (χ1) is 13.4. The first kappa shape index (κ1) is 18.5. The van der Waals surface area contributed by atoms with Crippen LogP contribution in [0.3, 0.4) is 0 Å². The van der Waals surface area contributed by atoms with Crippen LogP contribution < -0.4 is 16.3 Å². The summed E-state index contributed by atoms with van der Waals surface area (Å²) in [6.07, 6.45) is 1.79. The molecule has 144 valence electrons. The number of fused-ring (bicyclic) bond motifs is 1. The van der Waals surface area contributed by atoms with E-state index < -0.39 is 0 Å². The number of allylic oxidation sites excluding steroid dienone is 1. The van der Waals surface area contributed by atoms with Crippen molar-refractivity contribution in [1.29, 1.82) is 0 Å². The third-order valence-electron chi connectivity index (χ3n) is 5.21. The summed E-state index contributed by atoms with van der Waals surface area (Å²) in [6, 6.07) is 11.1. The fourth-order valence-corrected chi connectivity index (χ4v) is 3.65. The molecule has 0 saturated heterocycles. The molecule has 28 heavy (non-hydrogen) atoms. The molecule has 1 atom stereocenters. The first-order valence-electron chi connectivity index (χ1n) is 9.15. The van der Waals surface area contributed by atoms with Crippen LogP contribution >= 0.6 is 11.6 Å². The number of benzene rings is 1. The highest BCUT2D eigenvalue weighted by atomic mass is 35.5. The van der Waals surface area contributed by atoms with Gasteiger partial charge in [-0.2, -0.15) is 0 Å². The topological polar surface area (TPSA) is 73.0 Å². The summed E-state index contributed by atoms with van der Waals surface area (Å²) in [4.78, 5) is 19.9. The maximum absolute atomic E-state index is 12.5. The van der Waals surface area contributed by atoms with Crippen LogP contribution in [-0.4, -0.2) is 28.6 Å². The summed E-state index contributed by atoms with van der Waals surface area (Å²) >= 11 is 6.09. The van der Waals surface area contributed by atoms with Gasteiger partial charge < -0.3 is 15.3 Å². The number of anilines is 1. The van der Waals surface area contributed by atoms with Crippen molar-refractivity contribution in [2.24, 2.45) is 0 Å². The van der Waals surface area contributed by atoms with E-state index in [1.165, 1.54) is 11.3 Å². The number of aromatic amines is 1. The van der Waals surface area contributed by atoms with Crippen molar-refractivity contribution in [3.63, 3.8) is 0 Å². The Morgan fingerprint density at radius 1 is 1.25 bits per heavy atom. The number of hydrazine groups is 1. The molecule has 0 amide bonds. The summed E-state index contributed by atoms with van der Waals surface area (Å²) in [6.45, 7) is 4.82. The van der Waals surface area contributed by atoms with Crippen LogP contribution in [0.15, 0.2) is 53.1 Å². The number of aromatic nitrogens is 2. The van der Waals surface area contributed by atoms with Crippen molar-refractivity contribution in [3.8, 4) is 0 Å². The van der Waals surface area contributed by atoms with Gasteiger partial charge in [-0.15, -0.1) is 0 Å². The van der Waals surface area contributed by atoms with Crippen LogP contribution in [0.4, 0.5) is 5.82 Å². The van der Waals surface area contributed by atoms with Gasteiger partial charge in [0.25, 0.3) is 5.56 Å². The maximum Gasteiger partial charge on any atom is 0.253 e. The molecule has 0 bridgehead atoms. The Hall–Kier alpha value is -2.83. The fraction of sp³-hybridized carbons (Fsp3) is 0.238. The monoisotopic (exact) mass is 395 g/mol. The predicted molar refractivity (Wildman–Crippen MR) is 114 cm³/mol. The minimum absolute atomic E-state index is 0.119. The van der Waals surface area contributed by atoms with Gasteiger partial charge >= 0.3 is 0 Å². The molecule has 0 radical (unpaired) electrons. The van der Waals surface area contributed by atoms with Gasteiger partial charge in [-0.3, -0.25) is 4.79 Å². The van der Waals surface area contributed by atoms with Gasteiger partial charge in [0, 0.05) is 47.0 Å². The Morgan fingerprint density at radius 3 is 2.82 bits per heavy atom. The maximum atomic E-state index is 12.5. The zero-order valence-electron chi connectivity index (χ0n) is 16.0. The lowest BCUT2D eigenvalue weighted by atomic mass is 10.1. The van der Waals surface area contributed by atoms with Crippen molar-refractivity contribution in [1.82, 2.24) is 20.4 Å². The zero-order chi connectivity index (χ0) is 19.8. The number of hydrogen-bond acceptors (Lipinski definition) is 5. The van der Waals surface area contributed by atoms with Crippen LogP contribution in [0.1, 0.15) is 31.0 Å². The van der Waals surface area contributed by atoms with Crippen LogP contribution in [0.2, 0.25) is 5.02 Å². The van der Waals surface area contributed by atoms with Gasteiger partial charge in [-0.25, -0.2) is 10.4 Å². The number of nitrogens with one attached hydrogen (secondary N) is 3. The molecule has 3 N–H and O–H groups in total. The molecule has 0 fully saturated rings. The van der Waals surface area contributed by atoms with Gasteiger partial charge in [-0.1, -0.05) is 11.6 Å². The first-order valence-corrected chi connectivity index (χ1v) is 9.52. The second-order valence-electron chi connectivity index (χ2n) is 7.04. The van der Waals surface area contributed by atoms with E-state index in [2.05, 4.69) is 27.6 Å². The third kappa shape index (κ3) is 3.48. The van der Waals surface area contributed by atoms with E-state index in [1.807, 2.05) is 49.3 Å². The molecule has 6 nitrogen and oxygen atoms in total. The van der Waals surface area contributed by atoms with E-state index in [-0.39, 0.29) is 11.6 Å². The molecule has 4 rings (SSSR count). The highest BCUT2D eigenvalue weighted by molar-refractivity contribution is 6.31. The number of nitrogens with zero attached hydrogens (tertiary/aromatic N) is 2. The normalized spacial score (nSPS) is 15.4. The van der Waals surface area contributed by atoms with Crippen molar-refractivity contribution in [3.05, 3.63) is 74.8 Å². The van der Waals surface area contributed by atoms with Crippen molar-refractivity contribution in [2.75, 3.05) is 18.9 Å². The Balaban J connectivity index is 1.63. The number of hydrogen-bond donors (Lipinski definition) is 3. The van der Waals surface area contributed by atoms with E-state index in [0.717, 1.165) is 28.8 Å². The Bertz CT molecular complexity index is 1140. The highest BCUT2D eigenvalue weighted by Gasteiger charge is 2.18. The average molecular weight is 396 g/mol. The van der Waals surface area contributed by atoms with Gasteiger partial charge in [0.15, 0.2) is 0 Å². The molecule has 0 unspecified atom stereocenters. The summed E-state index contributed by atoms with van der Waals surface area (Å²) in [7, 11) is 2.00. The molecule has 3 heterocycles. The van der Waals surface area contributed by atoms with Gasteiger partial charge in [0.1, 0.15) is 5.82 Å². The Morgan fingerprint density at radius 2 is 2.07 bits per heavy atom. The molecule has 0 aliphatic carbocycles. The van der Waals surface area contributed by atoms with Crippen LogP contribution in [-0.2, 0) is 0 Å². The van der Waals surface area contributed by atoms with E-state index in [1.54, 1.807) is 12.3 Å². The van der Waals surface area contributed by atoms with E-state index >= 15 is 0 Å². The Labute approximate surface area is 168 Å². The minimum Gasteiger partial charge on any atom is -0.363 e. The molecule has 2 aromatic heterocycles. The van der Waals surface area contributed by atoms with Crippen LogP contribution in [0.5, 0.6) is 0 Å². The van der Waals surface area contributed by atoms with Gasteiger partial charge in [0.05, 0.1) is 6.04 Å². The van der Waals surface area contributed by atoms with E-state index in [0.29, 0.717) is 10.6 Å². The quantitative estimate of drug-likeness (QED) is 0.624. The minimum atomic E-state index is -0.214. The summed E-state index contributed by atoms with van der Waals surface area (Å²) in [5.41, 5.74) is 8.12. The second kappa shape index (κ2) is 7.30. The standard InChI is InChI=1S/C21H22ClN5O/c1-12(17-9-15-8-16(22)4-5-19(15)26-21(17)28)25-20-10-14(6-7-23-20)18-11-24-27(3)13(18)2/h4-10,12,24H,11H2,1-3H3,(H,23,25)(H,26,28)/t12-/m0/s1. The number of rotatable bonds is 4. The largest absolute Gasteiger partial charge is 0.363 e. The molecular weight excluding hydrogens is 374 g/mol. The molecule has 7 heteroatoms. The molecular formula is C21H22ClN5O. The molecule has 0 saturated carbocycles. The lowest BCUT2D eigenvalue weighted by Crippen LogP contribution is -2.26. The lowest BCUT2D eigenvalue weighted by molar-refractivity contribution is 0.346. The van der Waals surface area contributed by atoms with Crippen molar-refractivity contribution in [2.45, 2.75) is 19.9 Å². The number of H-pyrrole nitrogens is 1. The molecule has 3 aromatic rings. The van der Waals surface area contributed by atoms with Gasteiger partial charge in [-0.05, 0) is 61.4 Å². The Kier molecular flexibility index (Phi) is 4.83. The zero-order valence-corrected chi connectivity index (χ0v) is 16.8. The van der Waals surface area contributed by atoms with Gasteiger partial charge in [0.2, 0.25) is 0 Å². The van der Waals surface area contributed by atoms with Crippen LogP contribution in [0, 0.1) is 0 Å². The highest BCUT2D eigenvalue weighted by Crippen LogP contribution is 2.26. The average Bonchev–Trinajstić information content (AvgIpc) is 3.00. The third-order valence-corrected chi connectivity index (χ3v) is 5.44. The smallest absolute Gasteiger partial charge is 0.253 e. The van der Waals surface area contributed by atoms with Crippen molar-refractivity contribution >= 4 is 33.9 Å². The summed E-state index contributed by atoms with van der Waals surface area (Å²) in [5, 5.41) is 6.91. The summed E-state index contributed by atoms with van der Waals surface area (Å²) in [5.74, 6) is 0.727. The molecule has 1 aromatic carbocycles. The SMILES string of the molecule is CC1=C(c2ccnc(N[C@@H](C)c3cc4cc(Cl)ccc4[nH]c3=O)c2)CNN1C. The molecule has 1 aliphatic rings. The van der Waals surface area contributed by atoms with Crippen LogP contribution in [0.25, 0.3) is 16.5 Å². The number of pyridine rings is 2. The number of halogens is 1. The fourth-order valence-electron chi connectivity index (χ4n) is 3.47. The van der Waals surface area contributed by atoms with E-state index in [4.69, 9.17) is 11.6 Å². The molecule has 1 aliphatic heterocycles. The lowest BCUT2D eigenvalue weighted by Gasteiger charge is -2.16. The van der Waals surface area contributed by atoms with Crippen molar-refractivity contribution < 1.29 is 0 Å². The predicted octanol–water partition coefficient (Wildman–Crippen LogP) is 3.93.